The van der Waals surface area contributed by atoms with E-state index in [1.165, 1.54) is 5.56 Å². The molecule has 0 spiro atoms. The molecule has 0 fully saturated rings. The molecule has 0 aliphatic rings. The predicted octanol–water partition coefficient (Wildman–Crippen LogP) is 4.73. The largest absolute Gasteiger partial charge is 0.358 e. The Balaban J connectivity index is -0.0000000750. The van der Waals surface area contributed by atoms with Gasteiger partial charge in [0, 0.05) is 32.7 Å². The molecule has 1 rings (SSSR count). The maximum Gasteiger partial charge on any atom is 0 e. The van der Waals surface area contributed by atoms with Crippen molar-refractivity contribution in [2.24, 2.45) is 0 Å². The molecule has 0 saturated carbocycles. The van der Waals surface area contributed by atoms with Gasteiger partial charge >= 0.3 is 0 Å². The van der Waals surface area contributed by atoms with Crippen LogP contribution in [0, 0.1) is 7.43 Å². The van der Waals surface area contributed by atoms with E-state index in [0.29, 0.717) is 0 Å². The van der Waals surface area contributed by atoms with Crippen LogP contribution in [-0.2, 0) is 39.1 Å². The summed E-state index contributed by atoms with van der Waals surface area (Å²) in [5, 5.41) is 0. The van der Waals surface area contributed by atoms with Gasteiger partial charge in [-0.25, -0.2) is 0 Å². The average Bonchev–Trinajstić information content (AvgIpc) is 2.25. The molecule has 0 aliphatic heterocycles. The Kier molecular flexibility index (Phi) is 40.6. The first-order valence-electron chi connectivity index (χ1n) is 4.35. The summed E-state index contributed by atoms with van der Waals surface area (Å²) in [6.45, 7) is 6.16. The van der Waals surface area contributed by atoms with Gasteiger partial charge in [0.25, 0.3) is 0 Å². The first-order valence-corrected chi connectivity index (χ1v) is 5.94. The van der Waals surface area contributed by atoms with Crippen molar-refractivity contribution < 1.29 is 32.7 Å². The molecule has 0 unspecified atom stereocenters. The van der Waals surface area contributed by atoms with Gasteiger partial charge in [-0.15, -0.1) is 0 Å². The SMILES string of the molecule is CBr.CC.CCc1ccccc1.[CH3-].[Y]. The fourth-order valence-corrected chi connectivity index (χ4v) is 0.714. The van der Waals surface area contributed by atoms with Crippen molar-refractivity contribution in [2.45, 2.75) is 27.2 Å². The van der Waals surface area contributed by atoms with Crippen molar-refractivity contribution in [1.82, 2.24) is 0 Å². The molecule has 0 aromatic heterocycles. The van der Waals surface area contributed by atoms with Crippen LogP contribution in [0.4, 0.5) is 0 Å². The van der Waals surface area contributed by atoms with Gasteiger partial charge in [-0.2, -0.15) is 0 Å². The molecule has 1 radical (unpaired) electrons. The van der Waals surface area contributed by atoms with Crippen molar-refractivity contribution in [3.05, 3.63) is 43.3 Å². The number of alkyl halides is 1. The molecule has 14 heavy (non-hydrogen) atoms. The monoisotopic (exact) mass is 334 g/mol. The Morgan fingerprint density at radius 2 is 1.36 bits per heavy atom. The van der Waals surface area contributed by atoms with Gasteiger partial charge in [0.1, 0.15) is 0 Å². The number of aryl methyl sites for hydroxylation is 1. The zero-order valence-corrected chi connectivity index (χ0v) is 14.5. The van der Waals surface area contributed by atoms with Crippen LogP contribution in [0.1, 0.15) is 26.3 Å². The summed E-state index contributed by atoms with van der Waals surface area (Å²) in [5.41, 5.74) is 1.41. The van der Waals surface area contributed by atoms with Crippen molar-refractivity contribution in [3.63, 3.8) is 0 Å². The number of hydrogen-bond acceptors (Lipinski definition) is 0. The standard InChI is InChI=1S/C8H10.C2H6.CH3Br.CH3.Y/c1-2-8-6-4-3-5-7-8;2*1-2;;/h3-7H,2H2,1H3;1-2H3;1H3;1H3;/q;;;-1;. The van der Waals surface area contributed by atoms with E-state index < -0.39 is 0 Å². The normalized spacial score (nSPS) is 6.07. The van der Waals surface area contributed by atoms with Crippen LogP contribution in [-0.4, -0.2) is 5.83 Å². The average molecular weight is 335 g/mol. The molecular formula is C12H22BrY-. The summed E-state index contributed by atoms with van der Waals surface area (Å²) >= 11 is 2.94. The summed E-state index contributed by atoms with van der Waals surface area (Å²) in [6.07, 6.45) is 1.14. The first-order chi connectivity index (χ1) is 5.93. The Labute approximate surface area is 124 Å². The first kappa shape index (κ1) is 24.2. The summed E-state index contributed by atoms with van der Waals surface area (Å²) < 4.78 is 0. The van der Waals surface area contributed by atoms with Crippen LogP contribution >= 0.6 is 15.9 Å². The van der Waals surface area contributed by atoms with Gasteiger partial charge in [-0.05, 0) is 17.8 Å². The number of halogens is 1. The molecule has 2 heteroatoms. The van der Waals surface area contributed by atoms with E-state index in [0.717, 1.165) is 6.42 Å². The Morgan fingerprint density at radius 3 is 1.57 bits per heavy atom. The van der Waals surface area contributed by atoms with Crippen molar-refractivity contribution in [3.8, 4) is 0 Å². The molecule has 1 aromatic rings. The third-order valence-electron chi connectivity index (χ3n) is 1.25. The van der Waals surface area contributed by atoms with Gasteiger partial charge in [-0.3, -0.25) is 0 Å². The van der Waals surface area contributed by atoms with Gasteiger partial charge in [-0.1, -0.05) is 67.0 Å². The molecule has 0 aliphatic carbocycles. The van der Waals surface area contributed by atoms with Crippen molar-refractivity contribution in [2.75, 3.05) is 5.83 Å². The second-order valence-corrected chi connectivity index (χ2v) is 1.84. The Bertz CT molecular complexity index is 152. The van der Waals surface area contributed by atoms with Crippen molar-refractivity contribution >= 4 is 15.9 Å². The summed E-state index contributed by atoms with van der Waals surface area (Å²) in [5.74, 6) is 1.81. The minimum atomic E-state index is 0. The molecule has 1 aromatic carbocycles. The minimum Gasteiger partial charge on any atom is -0.358 e. The molecule has 0 amide bonds. The van der Waals surface area contributed by atoms with Crippen LogP contribution in [0.5, 0.6) is 0 Å². The summed E-state index contributed by atoms with van der Waals surface area (Å²) in [7, 11) is 0. The van der Waals surface area contributed by atoms with E-state index in [1.807, 2.05) is 25.7 Å². The van der Waals surface area contributed by atoms with E-state index in [1.54, 1.807) is 0 Å². The number of benzene rings is 1. The number of hydrogen-bond donors (Lipinski definition) is 0. The van der Waals surface area contributed by atoms with Gasteiger partial charge < -0.3 is 7.43 Å². The maximum absolute atomic E-state index is 2.94. The van der Waals surface area contributed by atoms with Crippen LogP contribution < -0.4 is 0 Å². The van der Waals surface area contributed by atoms with Gasteiger partial charge in [0.2, 0.25) is 0 Å². The fourth-order valence-electron chi connectivity index (χ4n) is 0.714. The molecule has 81 valence electrons. The molecule has 0 bridgehead atoms. The van der Waals surface area contributed by atoms with Gasteiger partial charge in [0.05, 0.1) is 0 Å². The molecule has 0 saturated heterocycles. The minimum absolute atomic E-state index is 0. The second-order valence-electron chi connectivity index (χ2n) is 1.84. The van der Waals surface area contributed by atoms with Crippen molar-refractivity contribution in [1.29, 1.82) is 0 Å². The third kappa shape index (κ3) is 15.3. The van der Waals surface area contributed by atoms with E-state index in [4.69, 9.17) is 0 Å². The molecule has 0 nitrogen and oxygen atoms in total. The van der Waals surface area contributed by atoms with Crippen LogP contribution in [0.25, 0.3) is 0 Å². The quantitative estimate of drug-likeness (QED) is 0.514. The topological polar surface area (TPSA) is 0 Å². The molecule has 0 N–H and O–H groups in total. The van der Waals surface area contributed by atoms with Gasteiger partial charge in [0.15, 0.2) is 0 Å². The molecular weight excluding hydrogens is 313 g/mol. The summed E-state index contributed by atoms with van der Waals surface area (Å²) in [4.78, 5) is 0. The number of rotatable bonds is 1. The van der Waals surface area contributed by atoms with E-state index >= 15 is 0 Å². The van der Waals surface area contributed by atoms with E-state index in [2.05, 4.69) is 47.1 Å². The zero-order chi connectivity index (χ0) is 9.82. The molecule has 0 atom stereocenters. The van der Waals surface area contributed by atoms with E-state index in [9.17, 15) is 0 Å². The van der Waals surface area contributed by atoms with Crippen LogP contribution in [0.2, 0.25) is 0 Å². The Hall–Kier alpha value is 0.804. The maximum atomic E-state index is 2.94. The van der Waals surface area contributed by atoms with Crippen LogP contribution in [0.15, 0.2) is 30.3 Å². The zero-order valence-electron chi connectivity index (χ0n) is 10.0. The summed E-state index contributed by atoms with van der Waals surface area (Å²) in [6, 6.07) is 10.5. The second kappa shape index (κ2) is 23.5. The third-order valence-corrected chi connectivity index (χ3v) is 1.25. The fraction of sp³-hybridized carbons (Fsp3) is 0.417. The Morgan fingerprint density at radius 1 is 1.00 bits per heavy atom. The van der Waals surface area contributed by atoms with E-state index in [-0.39, 0.29) is 40.1 Å². The smallest absolute Gasteiger partial charge is 0 e. The predicted molar refractivity (Wildman–Crippen MR) is 68.4 cm³/mol. The van der Waals surface area contributed by atoms with Crippen LogP contribution in [0.3, 0.4) is 0 Å². The molecule has 0 heterocycles.